The van der Waals surface area contributed by atoms with Crippen molar-refractivity contribution in [3.05, 3.63) is 34.5 Å². The van der Waals surface area contributed by atoms with Crippen LogP contribution in [0.1, 0.15) is 35.9 Å². The second kappa shape index (κ2) is 8.31. The first-order chi connectivity index (χ1) is 12.9. The van der Waals surface area contributed by atoms with Gasteiger partial charge in [-0.05, 0) is 32.8 Å². The number of methoxy groups -OCH3 is 1. The van der Waals surface area contributed by atoms with Gasteiger partial charge in [0.25, 0.3) is 5.91 Å². The molecule has 2 heterocycles. The van der Waals surface area contributed by atoms with Crippen LogP contribution in [-0.4, -0.2) is 49.6 Å². The molecule has 7 heteroatoms. The molecule has 1 N–H and O–H groups in total. The van der Waals surface area contributed by atoms with E-state index < -0.39 is 0 Å². The number of para-hydroxylation sites is 1. The van der Waals surface area contributed by atoms with Gasteiger partial charge in [0.05, 0.1) is 17.5 Å². The number of piperidine rings is 1. The van der Waals surface area contributed by atoms with E-state index in [1.165, 1.54) is 0 Å². The summed E-state index contributed by atoms with van der Waals surface area (Å²) in [7, 11) is 1.59. The predicted octanol–water partition coefficient (Wildman–Crippen LogP) is 3.40. The van der Waals surface area contributed by atoms with Gasteiger partial charge in [-0.15, -0.1) is 0 Å². The number of aryl methyl sites for hydroxylation is 1. The molecular weight excluding hydrogens is 368 g/mol. The van der Waals surface area contributed by atoms with E-state index in [0.717, 1.165) is 23.8 Å². The summed E-state index contributed by atoms with van der Waals surface area (Å²) in [4.78, 5) is 27.3. The highest BCUT2D eigenvalue weighted by atomic mass is 35.5. The van der Waals surface area contributed by atoms with Crippen LogP contribution in [0.25, 0.3) is 11.0 Å². The summed E-state index contributed by atoms with van der Waals surface area (Å²) in [6.07, 6.45) is 1.53. The maximum Gasteiger partial charge on any atom is 0.290 e. The molecule has 27 heavy (non-hydrogen) atoms. The lowest BCUT2D eigenvalue weighted by atomic mass is 9.92. The van der Waals surface area contributed by atoms with E-state index in [-0.39, 0.29) is 23.8 Å². The second-order valence-electron chi connectivity index (χ2n) is 7.04. The molecule has 2 atom stereocenters. The number of nitrogens with one attached hydrogen (secondary N) is 1. The monoisotopic (exact) mass is 392 g/mol. The van der Waals surface area contributed by atoms with E-state index in [0.29, 0.717) is 36.1 Å². The van der Waals surface area contributed by atoms with Crippen molar-refractivity contribution in [1.29, 1.82) is 0 Å². The normalized spacial score (nSPS) is 20.1. The molecule has 146 valence electrons. The number of likely N-dealkylation sites (tertiary alicyclic amines) is 1. The van der Waals surface area contributed by atoms with E-state index in [1.807, 2.05) is 26.0 Å². The number of hydrogen-bond acceptors (Lipinski definition) is 4. The number of hydrogen-bond donors (Lipinski definition) is 1. The van der Waals surface area contributed by atoms with Crippen LogP contribution in [0, 0.1) is 12.8 Å². The minimum absolute atomic E-state index is 0.0406. The third-order valence-electron chi connectivity index (χ3n) is 5.23. The molecule has 1 fully saturated rings. The highest BCUT2D eigenvalue weighted by Crippen LogP contribution is 2.33. The Hall–Kier alpha value is -2.05. The average molecular weight is 393 g/mol. The van der Waals surface area contributed by atoms with E-state index >= 15 is 0 Å². The van der Waals surface area contributed by atoms with Crippen LogP contribution in [0.15, 0.2) is 22.6 Å². The minimum atomic E-state index is -0.227. The molecular formula is C20H25ClN2O4. The Morgan fingerprint density at radius 1 is 1.37 bits per heavy atom. The fraction of sp³-hybridized carbons (Fsp3) is 0.500. The highest BCUT2D eigenvalue weighted by molar-refractivity contribution is 6.35. The Morgan fingerprint density at radius 2 is 2.15 bits per heavy atom. The molecule has 0 bridgehead atoms. The predicted molar refractivity (Wildman–Crippen MR) is 104 cm³/mol. The second-order valence-corrected chi connectivity index (χ2v) is 7.44. The fourth-order valence-corrected chi connectivity index (χ4v) is 3.78. The Labute approximate surface area is 163 Å². The van der Waals surface area contributed by atoms with E-state index in [1.54, 1.807) is 18.1 Å². The first-order valence-electron chi connectivity index (χ1n) is 9.19. The third-order valence-corrected chi connectivity index (χ3v) is 5.53. The Morgan fingerprint density at radius 3 is 2.85 bits per heavy atom. The smallest absolute Gasteiger partial charge is 0.290 e. The van der Waals surface area contributed by atoms with Crippen molar-refractivity contribution >= 4 is 34.4 Å². The quantitative estimate of drug-likeness (QED) is 0.791. The van der Waals surface area contributed by atoms with Crippen LogP contribution in [0.3, 0.4) is 0 Å². The van der Waals surface area contributed by atoms with E-state index in [9.17, 15) is 9.59 Å². The van der Waals surface area contributed by atoms with Crippen LogP contribution in [-0.2, 0) is 9.53 Å². The zero-order chi connectivity index (χ0) is 19.6. The third kappa shape index (κ3) is 3.96. The van der Waals surface area contributed by atoms with Crippen LogP contribution in [0.4, 0.5) is 0 Å². The molecule has 2 aromatic rings. The number of halogens is 1. The number of furan rings is 1. The number of carbonyl (C=O) groups is 2. The maximum atomic E-state index is 13.2. The first kappa shape index (κ1) is 19.7. The Balaban J connectivity index is 1.80. The zero-order valence-corrected chi connectivity index (χ0v) is 16.6. The summed E-state index contributed by atoms with van der Waals surface area (Å²) in [5.41, 5.74) is 1.30. The van der Waals surface area contributed by atoms with Gasteiger partial charge in [-0.2, -0.15) is 0 Å². The molecule has 3 rings (SSSR count). The van der Waals surface area contributed by atoms with Gasteiger partial charge >= 0.3 is 0 Å². The molecule has 0 saturated carbocycles. The summed E-state index contributed by atoms with van der Waals surface area (Å²) >= 11 is 6.20. The Kier molecular flexibility index (Phi) is 6.07. The molecule has 1 saturated heterocycles. The van der Waals surface area contributed by atoms with Crippen LogP contribution in [0.5, 0.6) is 0 Å². The van der Waals surface area contributed by atoms with Gasteiger partial charge in [-0.3, -0.25) is 9.59 Å². The summed E-state index contributed by atoms with van der Waals surface area (Å²) in [5, 5.41) is 4.19. The lowest BCUT2D eigenvalue weighted by Gasteiger charge is -2.37. The molecule has 0 radical (unpaired) electrons. The number of amides is 2. The molecule has 1 aliphatic heterocycles. The average Bonchev–Trinajstić information content (AvgIpc) is 3.00. The maximum absolute atomic E-state index is 13.2. The number of ether oxygens (including phenoxy) is 1. The topological polar surface area (TPSA) is 71.8 Å². The van der Waals surface area contributed by atoms with Crippen molar-refractivity contribution in [3.8, 4) is 0 Å². The van der Waals surface area contributed by atoms with Crippen molar-refractivity contribution in [2.24, 2.45) is 5.92 Å². The SMILES string of the molecule is COCCNC(=O)[C@H]1CC[C@@H](C)N(C(=O)c2oc3c(Cl)cccc3c2C)C1. The summed E-state index contributed by atoms with van der Waals surface area (Å²) in [6, 6.07) is 5.52. The van der Waals surface area contributed by atoms with Gasteiger partial charge < -0.3 is 19.4 Å². The van der Waals surface area contributed by atoms with Crippen molar-refractivity contribution in [2.45, 2.75) is 32.7 Å². The van der Waals surface area contributed by atoms with E-state index in [4.69, 9.17) is 20.8 Å². The van der Waals surface area contributed by atoms with Crippen LogP contribution < -0.4 is 5.32 Å². The van der Waals surface area contributed by atoms with Crippen molar-refractivity contribution < 1.29 is 18.7 Å². The largest absolute Gasteiger partial charge is 0.449 e. The molecule has 1 aromatic carbocycles. The fourth-order valence-electron chi connectivity index (χ4n) is 3.57. The van der Waals surface area contributed by atoms with Gasteiger partial charge in [0.2, 0.25) is 5.91 Å². The summed E-state index contributed by atoms with van der Waals surface area (Å²) < 4.78 is 10.8. The zero-order valence-electron chi connectivity index (χ0n) is 15.9. The van der Waals surface area contributed by atoms with Gasteiger partial charge in [-0.1, -0.05) is 23.7 Å². The lowest BCUT2D eigenvalue weighted by molar-refractivity contribution is -0.126. The molecule has 2 amide bonds. The van der Waals surface area contributed by atoms with Gasteiger partial charge in [0.1, 0.15) is 0 Å². The molecule has 1 aliphatic rings. The van der Waals surface area contributed by atoms with Gasteiger partial charge in [0, 0.05) is 37.2 Å². The van der Waals surface area contributed by atoms with E-state index in [2.05, 4.69) is 5.32 Å². The Bertz CT molecular complexity index is 848. The minimum Gasteiger partial charge on any atom is -0.449 e. The molecule has 0 aliphatic carbocycles. The summed E-state index contributed by atoms with van der Waals surface area (Å²) in [5.74, 6) is -0.163. The van der Waals surface area contributed by atoms with Crippen LogP contribution >= 0.6 is 11.6 Å². The molecule has 0 unspecified atom stereocenters. The van der Waals surface area contributed by atoms with Gasteiger partial charge in [-0.25, -0.2) is 0 Å². The molecule has 1 aromatic heterocycles. The number of benzene rings is 1. The molecule has 6 nitrogen and oxygen atoms in total. The number of nitrogens with zero attached hydrogens (tertiary/aromatic N) is 1. The van der Waals surface area contributed by atoms with Crippen LogP contribution in [0.2, 0.25) is 5.02 Å². The van der Waals surface area contributed by atoms with Crippen molar-refractivity contribution in [3.63, 3.8) is 0 Å². The van der Waals surface area contributed by atoms with Crippen molar-refractivity contribution in [2.75, 3.05) is 26.8 Å². The van der Waals surface area contributed by atoms with Crippen molar-refractivity contribution in [1.82, 2.24) is 10.2 Å². The lowest BCUT2D eigenvalue weighted by Crippen LogP contribution is -2.49. The summed E-state index contributed by atoms with van der Waals surface area (Å²) in [6.45, 7) is 5.18. The standard InChI is InChI=1S/C20H25ClN2O4/c1-12-7-8-14(19(24)22-9-10-26-3)11-23(12)20(25)17-13(2)15-5-4-6-16(21)18(15)27-17/h4-6,12,14H,7-11H2,1-3H3,(H,22,24)/t12-,14+/m1/s1. The number of fused-ring (bicyclic) bond motifs is 1. The number of carbonyl (C=O) groups excluding carboxylic acids is 2. The molecule has 0 spiro atoms. The first-order valence-corrected chi connectivity index (χ1v) is 9.57. The number of rotatable bonds is 5. The van der Waals surface area contributed by atoms with Gasteiger partial charge in [0.15, 0.2) is 11.3 Å². The highest BCUT2D eigenvalue weighted by Gasteiger charge is 2.35.